The molecule has 3 aromatic rings. The van der Waals surface area contributed by atoms with Crippen LogP contribution in [0.5, 0.6) is 5.75 Å². The smallest absolute Gasteiger partial charge is 0.254 e. The standard InChI is InChI=1S/C19H18ClN5O2/c1-13-15(4-3-9-26)12-22-25(13)19-23-17(20)10-18(24-19)21-11-14-5-7-16(27-2)8-6-14/h3-10,12H,11H2,1-2H3,(H,21,23,24)/b4-3+. The van der Waals surface area contributed by atoms with Crippen LogP contribution in [-0.2, 0) is 11.3 Å². The van der Waals surface area contributed by atoms with Crippen LogP contribution in [0, 0.1) is 6.92 Å². The summed E-state index contributed by atoms with van der Waals surface area (Å²) in [6.45, 7) is 2.44. The number of anilines is 1. The molecule has 1 aromatic carbocycles. The summed E-state index contributed by atoms with van der Waals surface area (Å²) in [6, 6.07) is 9.39. The molecule has 138 valence electrons. The number of hydrogen-bond acceptors (Lipinski definition) is 6. The molecule has 0 aliphatic heterocycles. The molecule has 1 N–H and O–H groups in total. The van der Waals surface area contributed by atoms with Gasteiger partial charge in [0.25, 0.3) is 5.95 Å². The van der Waals surface area contributed by atoms with E-state index >= 15 is 0 Å². The van der Waals surface area contributed by atoms with Gasteiger partial charge in [0.2, 0.25) is 0 Å². The van der Waals surface area contributed by atoms with E-state index in [0.29, 0.717) is 29.8 Å². The highest BCUT2D eigenvalue weighted by molar-refractivity contribution is 6.29. The first-order valence-electron chi connectivity index (χ1n) is 8.19. The van der Waals surface area contributed by atoms with Gasteiger partial charge in [-0.05, 0) is 36.8 Å². The predicted molar refractivity (Wildman–Crippen MR) is 104 cm³/mol. The summed E-state index contributed by atoms with van der Waals surface area (Å²) < 4.78 is 6.74. The largest absolute Gasteiger partial charge is 0.497 e. The third kappa shape index (κ3) is 4.51. The van der Waals surface area contributed by atoms with Crippen LogP contribution in [0.1, 0.15) is 16.8 Å². The number of carbonyl (C=O) groups is 1. The molecule has 0 unspecified atom stereocenters. The third-order valence-electron chi connectivity index (χ3n) is 3.91. The van der Waals surface area contributed by atoms with Crippen molar-refractivity contribution in [2.24, 2.45) is 0 Å². The lowest BCUT2D eigenvalue weighted by atomic mass is 10.2. The first-order chi connectivity index (χ1) is 13.1. The van der Waals surface area contributed by atoms with E-state index in [9.17, 15) is 4.79 Å². The minimum Gasteiger partial charge on any atom is -0.497 e. The van der Waals surface area contributed by atoms with Crippen LogP contribution in [-0.4, -0.2) is 33.1 Å². The van der Waals surface area contributed by atoms with E-state index < -0.39 is 0 Å². The van der Waals surface area contributed by atoms with E-state index in [-0.39, 0.29) is 0 Å². The number of ether oxygens (including phenoxy) is 1. The quantitative estimate of drug-likeness (QED) is 0.382. The number of aldehydes is 1. The van der Waals surface area contributed by atoms with Gasteiger partial charge in [-0.15, -0.1) is 0 Å². The summed E-state index contributed by atoms with van der Waals surface area (Å²) in [5, 5.41) is 7.82. The van der Waals surface area contributed by atoms with Gasteiger partial charge in [-0.25, -0.2) is 4.68 Å². The molecule has 2 heterocycles. The van der Waals surface area contributed by atoms with Crippen LogP contribution in [0.4, 0.5) is 5.82 Å². The van der Waals surface area contributed by atoms with E-state index in [4.69, 9.17) is 16.3 Å². The number of halogens is 1. The van der Waals surface area contributed by atoms with Crippen LogP contribution in [0.15, 0.2) is 42.6 Å². The molecule has 0 amide bonds. The highest BCUT2D eigenvalue weighted by atomic mass is 35.5. The predicted octanol–water partition coefficient (Wildman–Crippen LogP) is 3.46. The van der Waals surface area contributed by atoms with Crippen molar-refractivity contribution >= 4 is 29.8 Å². The lowest BCUT2D eigenvalue weighted by Crippen LogP contribution is -2.08. The molecule has 0 saturated carbocycles. The van der Waals surface area contributed by atoms with E-state index in [1.54, 1.807) is 30.1 Å². The monoisotopic (exact) mass is 383 g/mol. The van der Waals surface area contributed by atoms with Crippen molar-refractivity contribution in [1.82, 2.24) is 19.7 Å². The average molecular weight is 384 g/mol. The SMILES string of the molecule is COc1ccc(CNc2cc(Cl)nc(-n3ncc(/C=C/C=O)c3C)n2)cc1. The first-order valence-corrected chi connectivity index (χ1v) is 8.56. The van der Waals surface area contributed by atoms with Crippen LogP contribution >= 0.6 is 11.6 Å². The molecule has 0 spiro atoms. The van der Waals surface area contributed by atoms with E-state index in [0.717, 1.165) is 22.6 Å². The van der Waals surface area contributed by atoms with Crippen LogP contribution in [0.25, 0.3) is 12.0 Å². The summed E-state index contributed by atoms with van der Waals surface area (Å²) in [5.41, 5.74) is 2.68. The average Bonchev–Trinajstić information content (AvgIpc) is 3.05. The number of allylic oxidation sites excluding steroid dienone is 1. The van der Waals surface area contributed by atoms with Crippen molar-refractivity contribution in [3.63, 3.8) is 0 Å². The number of hydrogen-bond donors (Lipinski definition) is 1. The van der Waals surface area contributed by atoms with Crippen LogP contribution in [0.3, 0.4) is 0 Å². The number of rotatable bonds is 7. The summed E-state index contributed by atoms with van der Waals surface area (Å²) in [7, 11) is 1.63. The molecule has 0 saturated heterocycles. The molecule has 2 aromatic heterocycles. The van der Waals surface area contributed by atoms with Gasteiger partial charge in [0.05, 0.1) is 19.0 Å². The van der Waals surface area contributed by atoms with Crippen molar-refractivity contribution in [2.75, 3.05) is 12.4 Å². The Kier molecular flexibility index (Phi) is 5.83. The van der Waals surface area contributed by atoms with E-state index in [1.807, 2.05) is 31.2 Å². The Hall–Kier alpha value is -3.19. The highest BCUT2D eigenvalue weighted by Crippen LogP contribution is 2.18. The molecule has 0 aliphatic rings. The Bertz CT molecular complexity index is 967. The molecule has 7 nitrogen and oxygen atoms in total. The summed E-state index contributed by atoms with van der Waals surface area (Å²) in [6.07, 6.45) is 5.45. The van der Waals surface area contributed by atoms with Crippen molar-refractivity contribution in [3.05, 3.63) is 64.6 Å². The zero-order chi connectivity index (χ0) is 19.2. The second-order valence-corrected chi connectivity index (χ2v) is 6.06. The topological polar surface area (TPSA) is 81.9 Å². The van der Waals surface area contributed by atoms with E-state index in [2.05, 4.69) is 20.4 Å². The first kappa shape index (κ1) is 18.6. The lowest BCUT2D eigenvalue weighted by molar-refractivity contribution is -0.104. The van der Waals surface area contributed by atoms with Gasteiger partial charge in [0.1, 0.15) is 23.0 Å². The summed E-state index contributed by atoms with van der Waals surface area (Å²) in [5.74, 6) is 1.74. The molecule has 0 bridgehead atoms. The van der Waals surface area contributed by atoms with Gasteiger partial charge in [-0.1, -0.05) is 23.7 Å². The molecule has 0 atom stereocenters. The second kappa shape index (κ2) is 8.46. The van der Waals surface area contributed by atoms with Gasteiger partial charge in [0, 0.05) is 18.2 Å². The fourth-order valence-corrected chi connectivity index (χ4v) is 2.64. The molecular formula is C19H18ClN5O2. The van der Waals surface area contributed by atoms with Crippen LogP contribution < -0.4 is 10.1 Å². The number of nitrogens with one attached hydrogen (secondary N) is 1. The van der Waals surface area contributed by atoms with Gasteiger partial charge >= 0.3 is 0 Å². The fraction of sp³-hybridized carbons (Fsp3) is 0.158. The Morgan fingerprint density at radius 2 is 2.04 bits per heavy atom. The Balaban J connectivity index is 1.80. The van der Waals surface area contributed by atoms with Crippen LogP contribution in [0.2, 0.25) is 5.15 Å². The van der Waals surface area contributed by atoms with E-state index in [1.165, 1.54) is 6.08 Å². The second-order valence-electron chi connectivity index (χ2n) is 5.67. The number of carbonyl (C=O) groups excluding carboxylic acids is 1. The number of methoxy groups -OCH3 is 1. The maximum atomic E-state index is 10.5. The number of benzene rings is 1. The van der Waals surface area contributed by atoms with Gasteiger partial charge in [-0.3, -0.25) is 4.79 Å². The number of aromatic nitrogens is 4. The molecule has 3 rings (SSSR count). The van der Waals surface area contributed by atoms with Crippen molar-refractivity contribution in [3.8, 4) is 11.7 Å². The maximum absolute atomic E-state index is 10.5. The fourth-order valence-electron chi connectivity index (χ4n) is 2.46. The molecule has 0 aliphatic carbocycles. The Labute approximate surface area is 161 Å². The minimum absolute atomic E-state index is 0.303. The number of nitrogens with zero attached hydrogens (tertiary/aromatic N) is 4. The van der Waals surface area contributed by atoms with Gasteiger partial charge in [-0.2, -0.15) is 15.1 Å². The van der Waals surface area contributed by atoms with Gasteiger partial charge < -0.3 is 10.1 Å². The molecule has 0 fully saturated rings. The lowest BCUT2D eigenvalue weighted by Gasteiger charge is -2.09. The zero-order valence-corrected chi connectivity index (χ0v) is 15.6. The summed E-state index contributed by atoms with van der Waals surface area (Å²) in [4.78, 5) is 19.2. The minimum atomic E-state index is 0.303. The van der Waals surface area contributed by atoms with Crippen molar-refractivity contribution < 1.29 is 9.53 Å². The zero-order valence-electron chi connectivity index (χ0n) is 14.9. The third-order valence-corrected chi connectivity index (χ3v) is 4.10. The summed E-state index contributed by atoms with van der Waals surface area (Å²) >= 11 is 6.15. The van der Waals surface area contributed by atoms with Crippen molar-refractivity contribution in [1.29, 1.82) is 0 Å². The van der Waals surface area contributed by atoms with Gasteiger partial charge in [0.15, 0.2) is 0 Å². The normalized spacial score (nSPS) is 10.9. The Morgan fingerprint density at radius 1 is 1.26 bits per heavy atom. The molecule has 27 heavy (non-hydrogen) atoms. The molecular weight excluding hydrogens is 366 g/mol. The maximum Gasteiger partial charge on any atom is 0.254 e. The molecule has 8 heteroatoms. The Morgan fingerprint density at radius 3 is 2.74 bits per heavy atom. The molecule has 0 radical (unpaired) electrons. The highest BCUT2D eigenvalue weighted by Gasteiger charge is 2.11. The van der Waals surface area contributed by atoms with Crippen molar-refractivity contribution in [2.45, 2.75) is 13.5 Å².